The van der Waals surface area contributed by atoms with Crippen molar-refractivity contribution in [2.75, 3.05) is 0 Å². The Hall–Kier alpha value is -1.81. The Morgan fingerprint density at radius 1 is 1.06 bits per heavy atom. The second-order valence-corrected chi connectivity index (χ2v) is 4.16. The fourth-order valence-electron chi connectivity index (χ4n) is 1.67. The van der Waals surface area contributed by atoms with Gasteiger partial charge in [-0.15, -0.1) is 0 Å². The molecule has 0 radical (unpaired) electrons. The van der Waals surface area contributed by atoms with E-state index in [9.17, 15) is 5.11 Å². The summed E-state index contributed by atoms with van der Waals surface area (Å²) in [6, 6.07) is 5.62. The van der Waals surface area contributed by atoms with Crippen LogP contribution in [-0.2, 0) is 0 Å². The molecule has 0 amide bonds. The Kier molecular flexibility index (Phi) is 3.15. The van der Waals surface area contributed by atoms with E-state index in [1.54, 1.807) is 6.20 Å². The van der Waals surface area contributed by atoms with Gasteiger partial charge in [-0.1, -0.05) is 6.07 Å². The van der Waals surface area contributed by atoms with Crippen LogP contribution in [0.3, 0.4) is 0 Å². The molecule has 1 unspecified atom stereocenters. The standard InChI is InChI=1S/C13H15N3O/c1-8-4-5-11(7-14-8)13(17)12-6-9(2)15-16-10(12)3/h4-7,13,17H,1-3H3. The van der Waals surface area contributed by atoms with E-state index in [4.69, 9.17) is 0 Å². The van der Waals surface area contributed by atoms with Gasteiger partial charge in [0.2, 0.25) is 0 Å². The zero-order valence-corrected chi connectivity index (χ0v) is 10.2. The normalized spacial score (nSPS) is 12.5. The minimum atomic E-state index is -0.697. The third-order valence-corrected chi connectivity index (χ3v) is 2.68. The molecule has 0 fully saturated rings. The van der Waals surface area contributed by atoms with Gasteiger partial charge in [0.25, 0.3) is 0 Å². The van der Waals surface area contributed by atoms with Crippen LogP contribution >= 0.6 is 0 Å². The Balaban J connectivity index is 2.39. The molecule has 0 aliphatic carbocycles. The van der Waals surface area contributed by atoms with Crippen molar-refractivity contribution in [2.45, 2.75) is 26.9 Å². The fourth-order valence-corrected chi connectivity index (χ4v) is 1.67. The molecule has 1 atom stereocenters. The van der Waals surface area contributed by atoms with Gasteiger partial charge in [0, 0.05) is 23.0 Å². The molecule has 0 aromatic carbocycles. The number of hydrogen-bond acceptors (Lipinski definition) is 4. The highest BCUT2D eigenvalue weighted by molar-refractivity contribution is 5.31. The predicted octanol–water partition coefficient (Wildman–Crippen LogP) is 1.88. The number of aliphatic hydroxyl groups excluding tert-OH is 1. The number of hydrogen-bond donors (Lipinski definition) is 1. The molecular weight excluding hydrogens is 214 g/mol. The van der Waals surface area contributed by atoms with Gasteiger partial charge in [-0.2, -0.15) is 10.2 Å². The van der Waals surface area contributed by atoms with Gasteiger partial charge in [0.1, 0.15) is 6.10 Å². The number of pyridine rings is 1. The average molecular weight is 229 g/mol. The van der Waals surface area contributed by atoms with Crippen LogP contribution in [0.5, 0.6) is 0 Å². The molecule has 2 aromatic rings. The number of aromatic nitrogens is 3. The maximum atomic E-state index is 10.3. The third-order valence-electron chi connectivity index (χ3n) is 2.68. The lowest BCUT2D eigenvalue weighted by Crippen LogP contribution is -2.06. The van der Waals surface area contributed by atoms with Crippen LogP contribution in [0.25, 0.3) is 0 Å². The summed E-state index contributed by atoms with van der Waals surface area (Å²) in [5, 5.41) is 18.2. The van der Waals surface area contributed by atoms with E-state index in [-0.39, 0.29) is 0 Å². The first kappa shape index (κ1) is 11.7. The van der Waals surface area contributed by atoms with Crippen LogP contribution in [0.1, 0.15) is 34.3 Å². The summed E-state index contributed by atoms with van der Waals surface area (Å²) in [6.45, 7) is 5.61. The van der Waals surface area contributed by atoms with E-state index in [0.717, 1.165) is 28.2 Å². The third kappa shape index (κ3) is 2.47. The monoisotopic (exact) mass is 229 g/mol. The summed E-state index contributed by atoms with van der Waals surface area (Å²) < 4.78 is 0. The highest BCUT2D eigenvalue weighted by Crippen LogP contribution is 2.23. The van der Waals surface area contributed by atoms with Crippen molar-refractivity contribution in [3.63, 3.8) is 0 Å². The molecule has 0 bridgehead atoms. The van der Waals surface area contributed by atoms with E-state index in [2.05, 4.69) is 15.2 Å². The smallest absolute Gasteiger partial charge is 0.107 e. The molecule has 0 aliphatic heterocycles. The Bertz CT molecular complexity index is 523. The topological polar surface area (TPSA) is 58.9 Å². The minimum absolute atomic E-state index is 0.697. The molecule has 4 nitrogen and oxygen atoms in total. The van der Waals surface area contributed by atoms with Crippen LogP contribution in [0.4, 0.5) is 0 Å². The van der Waals surface area contributed by atoms with E-state index in [0.29, 0.717) is 0 Å². The van der Waals surface area contributed by atoms with Crippen molar-refractivity contribution >= 4 is 0 Å². The summed E-state index contributed by atoms with van der Waals surface area (Å²) in [6.07, 6.45) is 0.993. The van der Waals surface area contributed by atoms with Crippen LogP contribution in [0.2, 0.25) is 0 Å². The first-order valence-electron chi connectivity index (χ1n) is 5.49. The molecule has 4 heteroatoms. The molecule has 0 aliphatic rings. The molecule has 17 heavy (non-hydrogen) atoms. The van der Waals surface area contributed by atoms with Crippen molar-refractivity contribution in [3.8, 4) is 0 Å². The van der Waals surface area contributed by atoms with Gasteiger partial charge >= 0.3 is 0 Å². The zero-order valence-electron chi connectivity index (χ0n) is 10.2. The maximum Gasteiger partial charge on any atom is 0.107 e. The second kappa shape index (κ2) is 4.59. The zero-order chi connectivity index (χ0) is 12.4. The molecule has 1 N–H and O–H groups in total. The van der Waals surface area contributed by atoms with Gasteiger partial charge in [0.15, 0.2) is 0 Å². The first-order chi connectivity index (χ1) is 8.08. The maximum absolute atomic E-state index is 10.3. The van der Waals surface area contributed by atoms with Crippen LogP contribution in [0, 0.1) is 20.8 Å². The van der Waals surface area contributed by atoms with E-state index in [1.807, 2.05) is 39.0 Å². The lowest BCUT2D eigenvalue weighted by molar-refractivity contribution is 0.218. The number of rotatable bonds is 2. The quantitative estimate of drug-likeness (QED) is 0.854. The molecular formula is C13H15N3O. The minimum Gasteiger partial charge on any atom is -0.384 e. The second-order valence-electron chi connectivity index (χ2n) is 4.16. The summed E-state index contributed by atoms with van der Waals surface area (Å²) in [5.41, 5.74) is 4.02. The van der Waals surface area contributed by atoms with Gasteiger partial charge in [0.05, 0.1) is 11.4 Å². The van der Waals surface area contributed by atoms with Crippen LogP contribution in [-0.4, -0.2) is 20.3 Å². The first-order valence-corrected chi connectivity index (χ1v) is 5.49. The van der Waals surface area contributed by atoms with E-state index in [1.165, 1.54) is 0 Å². The van der Waals surface area contributed by atoms with Gasteiger partial charge in [-0.25, -0.2) is 0 Å². The summed E-state index contributed by atoms with van der Waals surface area (Å²) in [4.78, 5) is 4.18. The van der Waals surface area contributed by atoms with E-state index >= 15 is 0 Å². The fraction of sp³-hybridized carbons (Fsp3) is 0.308. The number of aryl methyl sites for hydroxylation is 3. The van der Waals surface area contributed by atoms with Crippen LogP contribution in [0.15, 0.2) is 24.4 Å². The molecule has 2 heterocycles. The SMILES string of the molecule is Cc1ccc(C(O)c2cc(C)nnc2C)cn1. The van der Waals surface area contributed by atoms with Gasteiger partial charge in [-0.05, 0) is 32.9 Å². The number of nitrogens with zero attached hydrogens (tertiary/aromatic N) is 3. The van der Waals surface area contributed by atoms with Crippen LogP contribution < -0.4 is 0 Å². The Morgan fingerprint density at radius 3 is 2.47 bits per heavy atom. The lowest BCUT2D eigenvalue weighted by atomic mass is 10.0. The van der Waals surface area contributed by atoms with Crippen molar-refractivity contribution in [1.82, 2.24) is 15.2 Å². The number of aliphatic hydroxyl groups is 1. The predicted molar refractivity (Wildman–Crippen MR) is 64.5 cm³/mol. The summed E-state index contributed by atoms with van der Waals surface area (Å²) >= 11 is 0. The summed E-state index contributed by atoms with van der Waals surface area (Å²) in [7, 11) is 0. The average Bonchev–Trinajstić information content (AvgIpc) is 2.32. The van der Waals surface area contributed by atoms with Crippen molar-refractivity contribution in [3.05, 3.63) is 52.6 Å². The highest BCUT2D eigenvalue weighted by Gasteiger charge is 2.14. The van der Waals surface area contributed by atoms with Crippen molar-refractivity contribution in [1.29, 1.82) is 0 Å². The molecule has 0 saturated carbocycles. The van der Waals surface area contributed by atoms with Crippen molar-refractivity contribution < 1.29 is 5.11 Å². The summed E-state index contributed by atoms with van der Waals surface area (Å²) in [5.74, 6) is 0. The van der Waals surface area contributed by atoms with E-state index < -0.39 is 6.10 Å². The largest absolute Gasteiger partial charge is 0.384 e. The molecule has 0 spiro atoms. The molecule has 2 rings (SSSR count). The van der Waals surface area contributed by atoms with Gasteiger partial charge in [-0.3, -0.25) is 4.98 Å². The Labute approximate surface area is 100 Å². The van der Waals surface area contributed by atoms with Crippen molar-refractivity contribution in [2.24, 2.45) is 0 Å². The molecule has 0 saturated heterocycles. The lowest BCUT2D eigenvalue weighted by Gasteiger charge is -2.13. The highest BCUT2D eigenvalue weighted by atomic mass is 16.3. The van der Waals surface area contributed by atoms with Gasteiger partial charge < -0.3 is 5.11 Å². The molecule has 88 valence electrons. The Morgan fingerprint density at radius 2 is 1.82 bits per heavy atom. The molecule has 2 aromatic heterocycles.